The number of anilines is 1. The highest BCUT2D eigenvalue weighted by Crippen LogP contribution is 2.20. The van der Waals surface area contributed by atoms with Gasteiger partial charge in [0.2, 0.25) is 5.91 Å². The maximum atomic E-state index is 13.2. The Kier molecular flexibility index (Phi) is 4.97. The van der Waals surface area contributed by atoms with Gasteiger partial charge in [-0.3, -0.25) is 24.3 Å². The number of amides is 1. The average molecular weight is 372 g/mol. The van der Waals surface area contributed by atoms with Crippen molar-refractivity contribution in [3.8, 4) is 0 Å². The molecule has 3 rings (SSSR count). The number of nitrogens with zero attached hydrogens (tertiary/aromatic N) is 5. The average Bonchev–Trinajstić information content (AvgIpc) is 3.20. The number of hydrogen-bond donors (Lipinski definition) is 1. The Balaban J connectivity index is 1.68. The molecular formula is C17H17FN6O3. The third kappa shape index (κ3) is 4.00. The van der Waals surface area contributed by atoms with Crippen molar-refractivity contribution in [2.45, 2.75) is 26.4 Å². The van der Waals surface area contributed by atoms with E-state index in [1.54, 1.807) is 36.0 Å². The Labute approximate surface area is 153 Å². The largest absolute Gasteiger partial charge is 0.309 e. The van der Waals surface area contributed by atoms with Crippen LogP contribution >= 0.6 is 0 Å². The van der Waals surface area contributed by atoms with Crippen LogP contribution in [0.5, 0.6) is 0 Å². The summed E-state index contributed by atoms with van der Waals surface area (Å²) in [5.41, 5.74) is 0.886. The van der Waals surface area contributed by atoms with E-state index in [4.69, 9.17) is 0 Å². The molecule has 140 valence electrons. The number of nitro groups is 1. The van der Waals surface area contributed by atoms with Crippen molar-refractivity contribution in [1.29, 1.82) is 0 Å². The predicted molar refractivity (Wildman–Crippen MR) is 94.7 cm³/mol. The summed E-state index contributed by atoms with van der Waals surface area (Å²) in [6, 6.07) is 7.02. The van der Waals surface area contributed by atoms with Crippen LogP contribution in [0.2, 0.25) is 0 Å². The normalized spacial score (nSPS) is 12.0. The molecule has 1 amide bonds. The molecule has 0 bridgehead atoms. The molecule has 0 aliphatic carbocycles. The first kappa shape index (κ1) is 18.2. The molecule has 0 saturated heterocycles. The fraction of sp³-hybridized carbons (Fsp3) is 0.235. The van der Waals surface area contributed by atoms with Crippen molar-refractivity contribution in [3.05, 3.63) is 69.9 Å². The molecule has 1 aromatic carbocycles. The van der Waals surface area contributed by atoms with E-state index in [1.165, 1.54) is 23.7 Å². The maximum Gasteiger partial charge on any atom is 0.309 e. The Morgan fingerprint density at radius 3 is 2.85 bits per heavy atom. The summed E-state index contributed by atoms with van der Waals surface area (Å²) in [6.07, 6.45) is 2.78. The van der Waals surface area contributed by atoms with Crippen molar-refractivity contribution >= 4 is 17.4 Å². The van der Waals surface area contributed by atoms with Gasteiger partial charge in [0, 0.05) is 12.3 Å². The maximum absolute atomic E-state index is 13.2. The van der Waals surface area contributed by atoms with Crippen LogP contribution in [0.25, 0.3) is 0 Å². The minimum absolute atomic E-state index is 0.144. The second kappa shape index (κ2) is 7.36. The molecule has 0 aliphatic rings. The lowest BCUT2D eigenvalue weighted by molar-refractivity contribution is -0.385. The summed E-state index contributed by atoms with van der Waals surface area (Å²) in [4.78, 5) is 22.8. The van der Waals surface area contributed by atoms with Crippen molar-refractivity contribution in [1.82, 2.24) is 19.6 Å². The number of carbonyl (C=O) groups is 1. The van der Waals surface area contributed by atoms with Gasteiger partial charge >= 0.3 is 5.69 Å². The first-order valence-corrected chi connectivity index (χ1v) is 8.12. The second-order valence-corrected chi connectivity index (χ2v) is 6.01. The molecule has 1 atom stereocenters. The second-order valence-electron chi connectivity index (χ2n) is 6.01. The zero-order valence-corrected chi connectivity index (χ0v) is 14.7. The van der Waals surface area contributed by atoms with Crippen molar-refractivity contribution < 1.29 is 14.1 Å². The lowest BCUT2D eigenvalue weighted by Crippen LogP contribution is -2.25. The molecule has 0 radical (unpaired) electrons. The van der Waals surface area contributed by atoms with Gasteiger partial charge in [-0.25, -0.2) is 4.39 Å². The monoisotopic (exact) mass is 372 g/mol. The van der Waals surface area contributed by atoms with Crippen LogP contribution in [0.15, 0.2) is 42.7 Å². The van der Waals surface area contributed by atoms with Crippen molar-refractivity contribution in [2.75, 3.05) is 5.32 Å². The van der Waals surface area contributed by atoms with E-state index in [0.29, 0.717) is 18.1 Å². The molecule has 1 unspecified atom stereocenters. The number of aromatic nitrogens is 4. The van der Waals surface area contributed by atoms with E-state index in [2.05, 4.69) is 15.5 Å². The van der Waals surface area contributed by atoms with Gasteiger partial charge in [0.1, 0.15) is 23.7 Å². The van der Waals surface area contributed by atoms with Gasteiger partial charge in [0.05, 0.1) is 11.5 Å². The predicted octanol–water partition coefficient (Wildman–Crippen LogP) is 2.68. The van der Waals surface area contributed by atoms with E-state index in [0.717, 1.165) is 11.8 Å². The van der Waals surface area contributed by atoms with E-state index in [9.17, 15) is 19.3 Å². The Morgan fingerprint density at radius 2 is 2.19 bits per heavy atom. The van der Waals surface area contributed by atoms with Gasteiger partial charge in [-0.05, 0) is 31.5 Å². The van der Waals surface area contributed by atoms with E-state index >= 15 is 0 Å². The van der Waals surface area contributed by atoms with Crippen LogP contribution < -0.4 is 5.32 Å². The van der Waals surface area contributed by atoms with Gasteiger partial charge in [-0.15, -0.1) is 0 Å². The summed E-state index contributed by atoms with van der Waals surface area (Å²) in [5, 5.41) is 21.7. The van der Waals surface area contributed by atoms with Crippen LogP contribution in [-0.2, 0) is 11.3 Å². The zero-order valence-electron chi connectivity index (χ0n) is 14.7. The van der Waals surface area contributed by atoms with Gasteiger partial charge in [-0.2, -0.15) is 10.2 Å². The molecule has 0 saturated carbocycles. The standard InChI is InChI=1S/C17H17FN6O3/c1-11-15(24(26)27)9-19-23(11)12(2)17(25)20-16-6-7-22(21-16)10-13-4-3-5-14(18)8-13/h3-9,12H,10H2,1-2H3,(H,20,21,25). The topological polar surface area (TPSA) is 108 Å². The fourth-order valence-electron chi connectivity index (χ4n) is 2.66. The molecule has 0 spiro atoms. The molecule has 27 heavy (non-hydrogen) atoms. The lowest BCUT2D eigenvalue weighted by atomic mass is 10.2. The third-order valence-corrected chi connectivity index (χ3v) is 4.09. The quantitative estimate of drug-likeness (QED) is 0.529. The van der Waals surface area contributed by atoms with Crippen LogP contribution in [0.4, 0.5) is 15.9 Å². The molecule has 10 heteroatoms. The molecule has 0 fully saturated rings. The smallest absolute Gasteiger partial charge is 0.307 e. The van der Waals surface area contributed by atoms with Crippen molar-refractivity contribution in [2.24, 2.45) is 0 Å². The summed E-state index contributed by atoms with van der Waals surface area (Å²) >= 11 is 0. The fourth-order valence-corrected chi connectivity index (χ4v) is 2.66. The van der Waals surface area contributed by atoms with Crippen LogP contribution in [0.1, 0.15) is 24.2 Å². The van der Waals surface area contributed by atoms with Crippen LogP contribution in [0.3, 0.4) is 0 Å². The molecule has 9 nitrogen and oxygen atoms in total. The molecule has 2 heterocycles. The first-order valence-electron chi connectivity index (χ1n) is 8.12. The summed E-state index contributed by atoms with van der Waals surface area (Å²) in [7, 11) is 0. The highest BCUT2D eigenvalue weighted by atomic mass is 19.1. The number of benzene rings is 1. The van der Waals surface area contributed by atoms with E-state index in [-0.39, 0.29) is 11.5 Å². The number of carbonyl (C=O) groups excluding carboxylic acids is 1. The van der Waals surface area contributed by atoms with Crippen LogP contribution in [0, 0.1) is 22.9 Å². The molecule has 2 aromatic heterocycles. The molecule has 1 N–H and O–H groups in total. The summed E-state index contributed by atoms with van der Waals surface area (Å²) in [5.74, 6) is -0.416. The number of rotatable bonds is 6. The summed E-state index contributed by atoms with van der Waals surface area (Å²) < 4.78 is 16.1. The minimum Gasteiger partial charge on any atom is -0.307 e. The zero-order chi connectivity index (χ0) is 19.6. The Hall–Kier alpha value is -3.56. The minimum atomic E-state index is -0.757. The third-order valence-electron chi connectivity index (χ3n) is 4.09. The highest BCUT2D eigenvalue weighted by Gasteiger charge is 2.24. The van der Waals surface area contributed by atoms with Gasteiger partial charge in [0.15, 0.2) is 5.82 Å². The molecular weight excluding hydrogens is 355 g/mol. The van der Waals surface area contributed by atoms with E-state index < -0.39 is 16.9 Å². The Morgan fingerprint density at radius 1 is 1.41 bits per heavy atom. The number of nitrogens with one attached hydrogen (secondary N) is 1. The van der Waals surface area contributed by atoms with Gasteiger partial charge in [-0.1, -0.05) is 12.1 Å². The van der Waals surface area contributed by atoms with Gasteiger partial charge < -0.3 is 5.32 Å². The molecule has 3 aromatic rings. The SMILES string of the molecule is Cc1c([N+](=O)[O-])cnn1C(C)C(=O)Nc1ccn(Cc2cccc(F)c2)n1. The number of halogens is 1. The molecule has 0 aliphatic heterocycles. The Bertz CT molecular complexity index is 996. The first-order chi connectivity index (χ1) is 12.8. The highest BCUT2D eigenvalue weighted by molar-refractivity contribution is 5.92. The summed E-state index contributed by atoms with van der Waals surface area (Å²) in [6.45, 7) is 3.47. The lowest BCUT2D eigenvalue weighted by Gasteiger charge is -2.12. The van der Waals surface area contributed by atoms with E-state index in [1.807, 2.05) is 0 Å². The van der Waals surface area contributed by atoms with Crippen LogP contribution in [-0.4, -0.2) is 30.4 Å². The number of hydrogen-bond acceptors (Lipinski definition) is 5. The van der Waals surface area contributed by atoms with Crippen molar-refractivity contribution in [3.63, 3.8) is 0 Å². The van der Waals surface area contributed by atoms with Gasteiger partial charge in [0.25, 0.3) is 0 Å².